The molecule has 1 unspecified atom stereocenters. The van der Waals surface area contributed by atoms with Crippen LogP contribution < -0.4 is 10.6 Å². The molecule has 2 nitrogen and oxygen atoms in total. The summed E-state index contributed by atoms with van der Waals surface area (Å²) >= 11 is 0. The quantitative estimate of drug-likeness (QED) is 0.530. The van der Waals surface area contributed by atoms with Crippen molar-refractivity contribution >= 4 is 0 Å². The maximum Gasteiger partial charge on any atom is 0.00790 e. The van der Waals surface area contributed by atoms with Gasteiger partial charge in [-0.15, -0.1) is 0 Å². The molecule has 0 bridgehead atoms. The maximum absolute atomic E-state index is 3.61. The highest BCUT2D eigenvalue weighted by molar-refractivity contribution is 4.67. The van der Waals surface area contributed by atoms with Gasteiger partial charge in [-0.3, -0.25) is 0 Å². The fraction of sp³-hybridized carbons (Fsp3) is 1.00. The standard InChI is InChI=1S/C12H28N2/c1-4-7-12(14-10-6-3)8-11-13-9-5-2/h12-14H,4-11H2,1-3H3. The van der Waals surface area contributed by atoms with Crippen molar-refractivity contribution in [3.63, 3.8) is 0 Å². The van der Waals surface area contributed by atoms with Gasteiger partial charge >= 0.3 is 0 Å². The molecule has 2 N–H and O–H groups in total. The van der Waals surface area contributed by atoms with Crippen LogP contribution in [0.5, 0.6) is 0 Å². The fourth-order valence-electron chi connectivity index (χ4n) is 1.62. The summed E-state index contributed by atoms with van der Waals surface area (Å²) in [5, 5.41) is 7.07. The summed E-state index contributed by atoms with van der Waals surface area (Å²) in [6.45, 7) is 10.2. The number of rotatable bonds is 10. The number of hydrogen-bond donors (Lipinski definition) is 2. The van der Waals surface area contributed by atoms with E-state index in [2.05, 4.69) is 31.4 Å². The van der Waals surface area contributed by atoms with Gasteiger partial charge in [-0.1, -0.05) is 27.2 Å². The smallest absolute Gasteiger partial charge is 0.00790 e. The number of hydrogen-bond acceptors (Lipinski definition) is 2. The molecule has 0 saturated heterocycles. The topological polar surface area (TPSA) is 24.1 Å². The highest BCUT2D eigenvalue weighted by atomic mass is 14.9. The molecule has 2 heteroatoms. The second-order valence-corrected chi connectivity index (χ2v) is 3.98. The highest BCUT2D eigenvalue weighted by Gasteiger charge is 2.04. The van der Waals surface area contributed by atoms with Crippen molar-refractivity contribution in [2.24, 2.45) is 0 Å². The Bertz CT molecular complexity index is 104. The lowest BCUT2D eigenvalue weighted by Crippen LogP contribution is -2.33. The molecule has 0 rings (SSSR count). The van der Waals surface area contributed by atoms with E-state index in [0.29, 0.717) is 0 Å². The SMILES string of the molecule is CCCNCCC(CCC)NCCC. The molecule has 0 aliphatic heterocycles. The second-order valence-electron chi connectivity index (χ2n) is 3.98. The average Bonchev–Trinajstić information content (AvgIpc) is 2.20. The van der Waals surface area contributed by atoms with Crippen LogP contribution in [0.4, 0.5) is 0 Å². The molecule has 0 fully saturated rings. The molecule has 0 radical (unpaired) electrons. The van der Waals surface area contributed by atoms with Crippen LogP contribution in [-0.2, 0) is 0 Å². The molecule has 86 valence electrons. The van der Waals surface area contributed by atoms with E-state index in [1.165, 1.54) is 38.6 Å². The van der Waals surface area contributed by atoms with Crippen LogP contribution in [0, 0.1) is 0 Å². The molecule has 0 spiro atoms. The molecule has 0 aromatic rings. The van der Waals surface area contributed by atoms with E-state index in [4.69, 9.17) is 0 Å². The van der Waals surface area contributed by atoms with Gasteiger partial charge in [0.05, 0.1) is 0 Å². The van der Waals surface area contributed by atoms with E-state index < -0.39 is 0 Å². The minimum Gasteiger partial charge on any atom is -0.317 e. The fourth-order valence-corrected chi connectivity index (χ4v) is 1.62. The van der Waals surface area contributed by atoms with Gasteiger partial charge < -0.3 is 10.6 Å². The van der Waals surface area contributed by atoms with Crippen molar-refractivity contribution in [3.05, 3.63) is 0 Å². The van der Waals surface area contributed by atoms with Crippen molar-refractivity contribution in [1.82, 2.24) is 10.6 Å². The van der Waals surface area contributed by atoms with Crippen LogP contribution in [0.1, 0.15) is 52.9 Å². The first kappa shape index (κ1) is 13.9. The Labute approximate surface area is 89.9 Å². The highest BCUT2D eigenvalue weighted by Crippen LogP contribution is 2.00. The zero-order valence-electron chi connectivity index (χ0n) is 10.2. The summed E-state index contributed by atoms with van der Waals surface area (Å²) in [6.07, 6.45) is 6.35. The van der Waals surface area contributed by atoms with Crippen LogP contribution in [0.2, 0.25) is 0 Å². The molecule has 0 aromatic carbocycles. The van der Waals surface area contributed by atoms with E-state index in [1.54, 1.807) is 0 Å². The lowest BCUT2D eigenvalue weighted by Gasteiger charge is -2.17. The van der Waals surface area contributed by atoms with Crippen molar-refractivity contribution in [2.45, 2.75) is 58.9 Å². The van der Waals surface area contributed by atoms with Gasteiger partial charge in [0.25, 0.3) is 0 Å². The monoisotopic (exact) mass is 200 g/mol. The van der Waals surface area contributed by atoms with Gasteiger partial charge in [-0.2, -0.15) is 0 Å². The summed E-state index contributed by atoms with van der Waals surface area (Å²) < 4.78 is 0. The Hall–Kier alpha value is -0.0800. The molecule has 0 amide bonds. The molecule has 1 atom stereocenters. The van der Waals surface area contributed by atoms with E-state index >= 15 is 0 Å². The van der Waals surface area contributed by atoms with Crippen LogP contribution in [0.25, 0.3) is 0 Å². The van der Waals surface area contributed by atoms with E-state index in [0.717, 1.165) is 19.1 Å². The Balaban J connectivity index is 3.40. The number of nitrogens with one attached hydrogen (secondary N) is 2. The summed E-state index contributed by atoms with van der Waals surface area (Å²) in [5.74, 6) is 0. The van der Waals surface area contributed by atoms with E-state index in [-0.39, 0.29) is 0 Å². The average molecular weight is 200 g/mol. The molecule has 0 aliphatic carbocycles. The Morgan fingerprint density at radius 3 is 2.07 bits per heavy atom. The minimum absolute atomic E-state index is 0.726. The van der Waals surface area contributed by atoms with Gasteiger partial charge in [0.1, 0.15) is 0 Å². The predicted molar refractivity (Wildman–Crippen MR) is 64.8 cm³/mol. The van der Waals surface area contributed by atoms with Crippen molar-refractivity contribution in [3.8, 4) is 0 Å². The van der Waals surface area contributed by atoms with E-state index in [1.807, 2.05) is 0 Å². The summed E-state index contributed by atoms with van der Waals surface area (Å²) in [4.78, 5) is 0. The van der Waals surface area contributed by atoms with Crippen LogP contribution >= 0.6 is 0 Å². The molecule has 0 heterocycles. The molecular formula is C12H28N2. The van der Waals surface area contributed by atoms with E-state index in [9.17, 15) is 0 Å². The first-order valence-electron chi connectivity index (χ1n) is 6.29. The summed E-state index contributed by atoms with van der Waals surface area (Å²) in [5.41, 5.74) is 0. The van der Waals surface area contributed by atoms with Gasteiger partial charge in [-0.05, 0) is 45.3 Å². The Kier molecular flexibility index (Phi) is 10.9. The molecular weight excluding hydrogens is 172 g/mol. The van der Waals surface area contributed by atoms with Gasteiger partial charge in [0.2, 0.25) is 0 Å². The third kappa shape index (κ3) is 8.52. The van der Waals surface area contributed by atoms with Crippen LogP contribution in [0.3, 0.4) is 0 Å². The van der Waals surface area contributed by atoms with Gasteiger partial charge in [0, 0.05) is 6.04 Å². The molecule has 0 saturated carbocycles. The molecule has 0 aliphatic rings. The van der Waals surface area contributed by atoms with Gasteiger partial charge in [0.15, 0.2) is 0 Å². The molecule has 14 heavy (non-hydrogen) atoms. The van der Waals surface area contributed by atoms with Crippen molar-refractivity contribution < 1.29 is 0 Å². The van der Waals surface area contributed by atoms with Gasteiger partial charge in [-0.25, -0.2) is 0 Å². The first-order chi connectivity index (χ1) is 6.85. The first-order valence-corrected chi connectivity index (χ1v) is 6.29. The molecule has 0 aromatic heterocycles. The van der Waals surface area contributed by atoms with Crippen LogP contribution in [0.15, 0.2) is 0 Å². The zero-order valence-corrected chi connectivity index (χ0v) is 10.2. The predicted octanol–water partition coefficient (Wildman–Crippen LogP) is 2.54. The summed E-state index contributed by atoms with van der Waals surface area (Å²) in [6, 6.07) is 0.726. The maximum atomic E-state index is 3.61. The Morgan fingerprint density at radius 1 is 0.786 bits per heavy atom. The lowest BCUT2D eigenvalue weighted by molar-refractivity contribution is 0.436. The minimum atomic E-state index is 0.726. The zero-order chi connectivity index (χ0) is 10.6. The third-order valence-electron chi connectivity index (χ3n) is 2.42. The van der Waals surface area contributed by atoms with Crippen LogP contribution in [-0.4, -0.2) is 25.7 Å². The third-order valence-corrected chi connectivity index (χ3v) is 2.42. The van der Waals surface area contributed by atoms with Crippen molar-refractivity contribution in [2.75, 3.05) is 19.6 Å². The van der Waals surface area contributed by atoms with Crippen molar-refractivity contribution in [1.29, 1.82) is 0 Å². The summed E-state index contributed by atoms with van der Waals surface area (Å²) in [7, 11) is 0. The normalized spacial score (nSPS) is 13.1. The largest absolute Gasteiger partial charge is 0.317 e. The lowest BCUT2D eigenvalue weighted by atomic mass is 10.1. The second kappa shape index (κ2) is 11.0. The Morgan fingerprint density at radius 2 is 1.50 bits per heavy atom.